The fourth-order valence-electron chi connectivity index (χ4n) is 1.27. The molecule has 0 bridgehead atoms. The van der Waals surface area contributed by atoms with Gasteiger partial charge >= 0.3 is 0 Å². The van der Waals surface area contributed by atoms with Crippen LogP contribution in [0.3, 0.4) is 0 Å². The van der Waals surface area contributed by atoms with E-state index in [1.807, 2.05) is 11.8 Å². The van der Waals surface area contributed by atoms with Crippen molar-refractivity contribution in [3.8, 4) is 0 Å². The zero-order valence-corrected chi connectivity index (χ0v) is 12.4. The molecule has 0 saturated carbocycles. The van der Waals surface area contributed by atoms with Gasteiger partial charge < -0.3 is 0 Å². The molecule has 0 amide bonds. The Bertz CT molecular complexity index is 288. The smallest absolute Gasteiger partial charge is 0.0907 e. The van der Waals surface area contributed by atoms with E-state index in [-0.39, 0.29) is 0 Å². The van der Waals surface area contributed by atoms with Gasteiger partial charge in [-0.25, -0.2) is 0 Å². The van der Waals surface area contributed by atoms with Crippen LogP contribution in [0.1, 0.15) is 20.3 Å². The van der Waals surface area contributed by atoms with E-state index in [2.05, 4.69) is 63.9 Å². The van der Waals surface area contributed by atoms with Crippen LogP contribution in [0.25, 0.3) is 0 Å². The van der Waals surface area contributed by atoms with Gasteiger partial charge in [-0.2, -0.15) is 0 Å². The molecule has 0 aromatic heterocycles. The Morgan fingerprint density at radius 3 is 2.79 bits per heavy atom. The van der Waals surface area contributed by atoms with Gasteiger partial charge in [-0.05, 0) is 31.4 Å². The van der Waals surface area contributed by atoms with Crippen LogP contribution in [0.2, 0.25) is 0 Å². The molecule has 1 aliphatic heterocycles. The Labute approximate surface area is 107 Å². The fourth-order valence-corrected chi connectivity index (χ4v) is 2.66. The Morgan fingerprint density at radius 2 is 2.21 bits per heavy atom. The first kappa shape index (κ1) is 12.6. The number of thioether (sulfide) groups is 1. The number of alkyl halides is 2. The summed E-state index contributed by atoms with van der Waals surface area (Å²) in [5, 5.41) is 0. The van der Waals surface area contributed by atoms with Crippen molar-refractivity contribution in [2.45, 2.75) is 24.0 Å². The minimum atomic E-state index is 0.292. The molecule has 0 aliphatic carbocycles. The molecular formula is C11H14Br2S. The van der Waals surface area contributed by atoms with Crippen molar-refractivity contribution in [1.29, 1.82) is 0 Å². The molecule has 3 heteroatoms. The van der Waals surface area contributed by atoms with E-state index in [4.69, 9.17) is 0 Å². The zero-order chi connectivity index (χ0) is 10.6. The molecule has 0 unspecified atom stereocenters. The molecule has 0 nitrogen and oxygen atoms in total. The van der Waals surface area contributed by atoms with Gasteiger partial charge in [0, 0.05) is 10.7 Å². The molecule has 14 heavy (non-hydrogen) atoms. The highest BCUT2D eigenvalue weighted by atomic mass is 79.9. The molecule has 0 aromatic carbocycles. The lowest BCUT2D eigenvalue weighted by Gasteiger charge is -2.03. The first-order chi connectivity index (χ1) is 6.65. The normalized spacial score (nSPS) is 19.1. The Balaban J connectivity index is 2.85. The summed E-state index contributed by atoms with van der Waals surface area (Å²) in [6.07, 6.45) is 7.78. The molecule has 0 radical (unpaired) electrons. The lowest BCUT2D eigenvalue weighted by Crippen LogP contribution is -1.88. The van der Waals surface area contributed by atoms with E-state index in [9.17, 15) is 0 Å². The maximum Gasteiger partial charge on any atom is 0.0907 e. The maximum atomic E-state index is 3.51. The summed E-state index contributed by atoms with van der Waals surface area (Å²) in [4.78, 5) is 1.42. The average molecular weight is 338 g/mol. The van der Waals surface area contributed by atoms with Crippen molar-refractivity contribution >= 4 is 43.6 Å². The molecule has 1 rings (SSSR count). The van der Waals surface area contributed by atoms with Crippen molar-refractivity contribution in [1.82, 2.24) is 0 Å². The van der Waals surface area contributed by atoms with E-state index < -0.39 is 0 Å². The molecular weight excluding hydrogens is 324 g/mol. The zero-order valence-electron chi connectivity index (χ0n) is 8.39. The van der Waals surface area contributed by atoms with E-state index in [1.165, 1.54) is 28.2 Å². The summed E-state index contributed by atoms with van der Waals surface area (Å²) in [7, 11) is 0. The highest BCUT2D eigenvalue weighted by Crippen LogP contribution is 2.34. The maximum absolute atomic E-state index is 3.51. The third kappa shape index (κ3) is 3.59. The summed E-state index contributed by atoms with van der Waals surface area (Å²) < 4.78 is 0.292. The fraction of sp³-hybridized carbons (Fsp3) is 0.455. The largest absolute Gasteiger partial charge is 0.126 e. The number of allylic oxidation sites excluding steroid dienone is 5. The van der Waals surface area contributed by atoms with Gasteiger partial charge in [0.25, 0.3) is 0 Å². The predicted octanol–water partition coefficient (Wildman–Crippen LogP) is 5.02. The van der Waals surface area contributed by atoms with E-state index >= 15 is 0 Å². The number of hydrogen-bond acceptors (Lipinski definition) is 1. The molecule has 0 spiro atoms. The van der Waals surface area contributed by atoms with Crippen molar-refractivity contribution in [3.05, 3.63) is 34.3 Å². The Kier molecular flexibility index (Phi) is 5.57. The molecule has 78 valence electrons. The van der Waals surface area contributed by atoms with Gasteiger partial charge in [-0.15, -0.1) is 11.8 Å². The van der Waals surface area contributed by atoms with E-state index in [0.29, 0.717) is 3.74 Å². The van der Waals surface area contributed by atoms with Crippen LogP contribution in [0.5, 0.6) is 0 Å². The van der Waals surface area contributed by atoms with E-state index in [1.54, 1.807) is 0 Å². The first-order valence-electron chi connectivity index (χ1n) is 4.60. The first-order valence-corrected chi connectivity index (χ1v) is 7.42. The number of hydrogen-bond donors (Lipinski definition) is 0. The summed E-state index contributed by atoms with van der Waals surface area (Å²) in [5.41, 5.74) is 2.79. The summed E-state index contributed by atoms with van der Waals surface area (Å²) in [5.74, 6) is 1.22. The standard InChI is InChI=1S/C11H14Br2S/c1-3-4-10-9(5-6-14-10)7-8(2)11(12)13/h3-4,7,11H,5-6H2,1-2H3/b4-3-,8-7-. The lowest BCUT2D eigenvalue weighted by molar-refractivity contribution is 1.17. The SMILES string of the molecule is C/C=C\C1=C(/C=C(/C)C(Br)Br)CCS1. The number of rotatable bonds is 3. The van der Waals surface area contributed by atoms with E-state index in [0.717, 1.165) is 0 Å². The van der Waals surface area contributed by atoms with Gasteiger partial charge in [0.2, 0.25) is 0 Å². The van der Waals surface area contributed by atoms with Crippen LogP contribution in [0, 0.1) is 0 Å². The second-order valence-corrected chi connectivity index (χ2v) is 7.37. The molecule has 0 aromatic rings. The van der Waals surface area contributed by atoms with Gasteiger partial charge in [-0.1, -0.05) is 50.1 Å². The topological polar surface area (TPSA) is 0 Å². The van der Waals surface area contributed by atoms with Crippen LogP contribution >= 0.6 is 43.6 Å². The second-order valence-electron chi connectivity index (χ2n) is 3.18. The van der Waals surface area contributed by atoms with Gasteiger partial charge in [0.15, 0.2) is 0 Å². The Hall–Kier alpha value is 0.530. The van der Waals surface area contributed by atoms with Crippen molar-refractivity contribution in [3.63, 3.8) is 0 Å². The summed E-state index contributed by atoms with van der Waals surface area (Å²) in [6, 6.07) is 0. The highest BCUT2D eigenvalue weighted by Gasteiger charge is 2.12. The quantitative estimate of drug-likeness (QED) is 0.652. The molecule has 0 saturated heterocycles. The van der Waals surface area contributed by atoms with Gasteiger partial charge in [0.05, 0.1) is 3.74 Å². The van der Waals surface area contributed by atoms with Crippen molar-refractivity contribution in [2.24, 2.45) is 0 Å². The molecule has 0 fully saturated rings. The van der Waals surface area contributed by atoms with Crippen LogP contribution in [-0.2, 0) is 0 Å². The third-order valence-electron chi connectivity index (χ3n) is 2.01. The van der Waals surface area contributed by atoms with Crippen molar-refractivity contribution in [2.75, 3.05) is 5.75 Å². The van der Waals surface area contributed by atoms with Crippen LogP contribution in [0.4, 0.5) is 0 Å². The highest BCUT2D eigenvalue weighted by molar-refractivity contribution is 9.24. The van der Waals surface area contributed by atoms with Gasteiger partial charge in [-0.3, -0.25) is 0 Å². The van der Waals surface area contributed by atoms with Crippen LogP contribution in [0.15, 0.2) is 34.3 Å². The molecule has 0 atom stereocenters. The molecule has 1 heterocycles. The third-order valence-corrected chi connectivity index (χ3v) is 4.57. The average Bonchev–Trinajstić information content (AvgIpc) is 2.53. The minimum absolute atomic E-state index is 0.292. The molecule has 0 N–H and O–H groups in total. The van der Waals surface area contributed by atoms with Gasteiger partial charge in [0.1, 0.15) is 0 Å². The minimum Gasteiger partial charge on any atom is -0.126 e. The van der Waals surface area contributed by atoms with Crippen molar-refractivity contribution < 1.29 is 0 Å². The van der Waals surface area contributed by atoms with Crippen LogP contribution < -0.4 is 0 Å². The Morgan fingerprint density at radius 1 is 1.50 bits per heavy atom. The predicted molar refractivity (Wildman–Crippen MR) is 74.3 cm³/mol. The second kappa shape index (κ2) is 6.19. The summed E-state index contributed by atoms with van der Waals surface area (Å²) >= 11 is 8.96. The number of halogens is 2. The molecule has 1 aliphatic rings. The van der Waals surface area contributed by atoms with Crippen LogP contribution in [-0.4, -0.2) is 9.49 Å². The lowest BCUT2D eigenvalue weighted by atomic mass is 10.1. The monoisotopic (exact) mass is 336 g/mol. The summed E-state index contributed by atoms with van der Waals surface area (Å²) in [6.45, 7) is 4.20.